The molecule has 2 aromatic carbocycles. The quantitative estimate of drug-likeness (QED) is 0.514. The van der Waals surface area contributed by atoms with E-state index in [0.29, 0.717) is 15.6 Å². The van der Waals surface area contributed by atoms with Crippen molar-refractivity contribution in [2.75, 3.05) is 10.6 Å². The Bertz CT molecular complexity index is 1050. The first-order chi connectivity index (χ1) is 12.3. The Morgan fingerprint density at radius 1 is 1.19 bits per heavy atom. The van der Waals surface area contributed by atoms with Gasteiger partial charge in [0.1, 0.15) is 0 Å². The predicted molar refractivity (Wildman–Crippen MR) is 98.2 cm³/mol. The zero-order valence-electron chi connectivity index (χ0n) is 13.6. The van der Waals surface area contributed by atoms with Crippen LogP contribution in [0.25, 0.3) is 10.1 Å². The Labute approximate surface area is 153 Å². The van der Waals surface area contributed by atoms with Crippen molar-refractivity contribution in [3.05, 3.63) is 65.3 Å². The van der Waals surface area contributed by atoms with E-state index in [0.717, 1.165) is 21.9 Å². The van der Waals surface area contributed by atoms with Crippen molar-refractivity contribution in [3.8, 4) is 0 Å². The summed E-state index contributed by atoms with van der Waals surface area (Å²) >= 11 is 0.942. The number of carbonyl (C=O) groups excluding carboxylic acids is 1. The predicted octanol–water partition coefficient (Wildman–Crippen LogP) is 3.05. The summed E-state index contributed by atoms with van der Waals surface area (Å²) in [6.07, 6.45) is 0.964. The second-order valence-corrected chi connectivity index (χ2v) is 8.51. The molecule has 0 fully saturated rings. The summed E-state index contributed by atoms with van der Waals surface area (Å²) < 4.78 is 40.0. The molecule has 0 aliphatic rings. The number of carbonyl (C=O) groups is 1. The molecular formula is C17H15FN2O4S2. The van der Waals surface area contributed by atoms with E-state index >= 15 is 0 Å². The van der Waals surface area contributed by atoms with Gasteiger partial charge in [0.05, 0.1) is 11.9 Å². The largest absolute Gasteiger partial charge is 0.289 e. The zero-order chi connectivity index (χ0) is 18.9. The minimum atomic E-state index is -3.91. The Kier molecular flexibility index (Phi) is 4.94. The molecular weight excluding hydrogens is 379 g/mol. The third-order valence-corrected chi connectivity index (χ3v) is 5.83. The minimum Gasteiger partial charge on any atom is -0.289 e. The van der Waals surface area contributed by atoms with E-state index < -0.39 is 27.1 Å². The van der Waals surface area contributed by atoms with Gasteiger partial charge in [-0.15, -0.1) is 11.3 Å². The zero-order valence-corrected chi connectivity index (χ0v) is 15.2. The molecule has 1 heterocycles. The molecule has 0 spiro atoms. The molecule has 3 aromatic rings. The van der Waals surface area contributed by atoms with Crippen LogP contribution >= 0.6 is 11.3 Å². The van der Waals surface area contributed by atoms with E-state index in [1.54, 1.807) is 36.4 Å². The number of hydroxylamine groups is 1. The number of fused-ring (bicyclic) bond motifs is 1. The second kappa shape index (κ2) is 7.02. The number of halogens is 1. The maximum Gasteiger partial charge on any atom is 0.271 e. The highest BCUT2D eigenvalue weighted by atomic mass is 32.2. The molecule has 26 heavy (non-hydrogen) atoms. The molecule has 6 nitrogen and oxygen atoms in total. The normalized spacial score (nSPS) is 12.7. The van der Waals surface area contributed by atoms with Crippen LogP contribution in [0.15, 0.2) is 54.6 Å². The fourth-order valence-electron chi connectivity index (χ4n) is 2.76. The van der Waals surface area contributed by atoms with Gasteiger partial charge in [-0.25, -0.2) is 13.9 Å². The van der Waals surface area contributed by atoms with Crippen LogP contribution in [-0.2, 0) is 14.8 Å². The Morgan fingerprint density at radius 3 is 2.50 bits per heavy atom. The molecule has 1 aromatic heterocycles. The Hall–Kier alpha value is -2.49. The average Bonchev–Trinajstić information content (AvgIpc) is 2.97. The molecule has 3 rings (SSSR count). The van der Waals surface area contributed by atoms with Crippen molar-refractivity contribution in [2.45, 2.75) is 6.04 Å². The van der Waals surface area contributed by atoms with Crippen LogP contribution in [0, 0.1) is 5.13 Å². The molecule has 2 N–H and O–H groups in total. The molecule has 0 saturated carbocycles. The first-order valence-electron chi connectivity index (χ1n) is 7.48. The van der Waals surface area contributed by atoms with E-state index in [4.69, 9.17) is 5.21 Å². The maximum atomic E-state index is 13.5. The SMILES string of the molecule is CS(=O)(=O)N(c1ccc2sc(F)cc2c1)[C@@H](C(=O)NO)c1ccccc1. The third-order valence-electron chi connectivity index (χ3n) is 3.79. The van der Waals surface area contributed by atoms with E-state index in [1.807, 2.05) is 0 Å². The van der Waals surface area contributed by atoms with Gasteiger partial charge in [0, 0.05) is 4.70 Å². The van der Waals surface area contributed by atoms with Crippen molar-refractivity contribution in [1.29, 1.82) is 0 Å². The van der Waals surface area contributed by atoms with Crippen LogP contribution in [0.3, 0.4) is 0 Å². The van der Waals surface area contributed by atoms with Crippen molar-refractivity contribution >= 4 is 43.0 Å². The van der Waals surface area contributed by atoms with E-state index in [9.17, 15) is 17.6 Å². The summed E-state index contributed by atoms with van der Waals surface area (Å²) in [4.78, 5) is 12.3. The molecule has 0 radical (unpaired) electrons. The van der Waals surface area contributed by atoms with E-state index in [2.05, 4.69) is 0 Å². The summed E-state index contributed by atoms with van der Waals surface area (Å²) in [6.45, 7) is 0. The number of nitrogens with one attached hydrogen (secondary N) is 1. The van der Waals surface area contributed by atoms with Gasteiger partial charge in [-0.1, -0.05) is 30.3 Å². The number of hydrogen-bond donors (Lipinski definition) is 2. The highest BCUT2D eigenvalue weighted by molar-refractivity contribution is 7.92. The lowest BCUT2D eigenvalue weighted by Crippen LogP contribution is -2.42. The third kappa shape index (κ3) is 3.55. The molecule has 0 saturated heterocycles. The van der Waals surface area contributed by atoms with Crippen LogP contribution in [0.1, 0.15) is 11.6 Å². The van der Waals surface area contributed by atoms with Gasteiger partial charge in [-0.2, -0.15) is 4.39 Å². The average molecular weight is 394 g/mol. The number of sulfonamides is 1. The van der Waals surface area contributed by atoms with Gasteiger partial charge in [-0.3, -0.25) is 14.3 Å². The van der Waals surface area contributed by atoms with Crippen LogP contribution < -0.4 is 9.79 Å². The number of benzene rings is 2. The van der Waals surface area contributed by atoms with Gasteiger partial charge in [0.25, 0.3) is 5.91 Å². The number of anilines is 1. The number of rotatable bonds is 5. The number of amides is 1. The van der Waals surface area contributed by atoms with Gasteiger partial charge in [0.15, 0.2) is 11.2 Å². The smallest absolute Gasteiger partial charge is 0.271 e. The van der Waals surface area contributed by atoms with Crippen molar-refractivity contribution < 1.29 is 22.8 Å². The van der Waals surface area contributed by atoms with Crippen LogP contribution in [0.2, 0.25) is 0 Å². The first kappa shape index (κ1) is 18.3. The Morgan fingerprint density at radius 2 is 1.88 bits per heavy atom. The van der Waals surface area contributed by atoms with Crippen molar-refractivity contribution in [2.24, 2.45) is 0 Å². The fraction of sp³-hybridized carbons (Fsp3) is 0.118. The fourth-order valence-corrected chi connectivity index (χ4v) is 4.62. The van der Waals surface area contributed by atoms with E-state index in [-0.39, 0.29) is 5.69 Å². The molecule has 0 bridgehead atoms. The van der Waals surface area contributed by atoms with Crippen molar-refractivity contribution in [1.82, 2.24) is 5.48 Å². The summed E-state index contributed by atoms with van der Waals surface area (Å²) in [5.74, 6) is -0.904. The monoisotopic (exact) mass is 394 g/mol. The highest BCUT2D eigenvalue weighted by Gasteiger charge is 2.34. The number of hydrogen-bond acceptors (Lipinski definition) is 5. The molecule has 0 unspecified atom stereocenters. The number of nitrogens with zero attached hydrogens (tertiary/aromatic N) is 1. The molecule has 136 valence electrons. The molecule has 0 aliphatic carbocycles. The van der Waals surface area contributed by atoms with Crippen LogP contribution in [0.5, 0.6) is 0 Å². The van der Waals surface area contributed by atoms with E-state index in [1.165, 1.54) is 23.7 Å². The van der Waals surface area contributed by atoms with Gasteiger partial charge < -0.3 is 0 Å². The minimum absolute atomic E-state index is 0.190. The maximum absolute atomic E-state index is 13.5. The summed E-state index contributed by atoms with van der Waals surface area (Å²) in [5.41, 5.74) is 2.09. The van der Waals surface area contributed by atoms with Gasteiger partial charge in [-0.05, 0) is 35.2 Å². The lowest BCUT2D eigenvalue weighted by Gasteiger charge is -2.30. The lowest BCUT2D eigenvalue weighted by atomic mass is 10.1. The molecule has 1 atom stereocenters. The first-order valence-corrected chi connectivity index (χ1v) is 10.1. The lowest BCUT2D eigenvalue weighted by molar-refractivity contribution is -0.130. The molecule has 1 amide bonds. The van der Waals surface area contributed by atoms with Crippen LogP contribution in [-0.4, -0.2) is 25.8 Å². The topological polar surface area (TPSA) is 86.7 Å². The summed E-state index contributed by atoms with van der Waals surface area (Å²) in [6, 6.07) is 12.8. The second-order valence-electron chi connectivity index (χ2n) is 5.62. The Balaban J connectivity index is 2.21. The van der Waals surface area contributed by atoms with Crippen molar-refractivity contribution in [3.63, 3.8) is 0 Å². The molecule has 0 aliphatic heterocycles. The summed E-state index contributed by atoms with van der Waals surface area (Å²) in [7, 11) is -3.91. The van der Waals surface area contributed by atoms with Gasteiger partial charge >= 0.3 is 0 Å². The summed E-state index contributed by atoms with van der Waals surface area (Å²) in [5, 5.41) is 9.26. The van der Waals surface area contributed by atoms with Gasteiger partial charge in [0.2, 0.25) is 10.0 Å². The molecule has 9 heteroatoms. The number of thiophene rings is 1. The standard InChI is InChI=1S/C17H15FN2O4S2/c1-26(23,24)20(13-7-8-14-12(9-13)10-15(18)25-14)16(17(21)19-22)11-5-3-2-4-6-11/h2-10,16,22H,1H3,(H,19,21)/t16-/m1/s1. The van der Waals surface area contributed by atoms with Crippen LogP contribution in [0.4, 0.5) is 10.1 Å². The highest BCUT2D eigenvalue weighted by Crippen LogP contribution is 2.34.